The average molecular weight is 294 g/mol. The van der Waals surface area contributed by atoms with E-state index in [2.05, 4.69) is 4.74 Å². The van der Waals surface area contributed by atoms with Gasteiger partial charge in [0.05, 0.1) is 13.7 Å². The van der Waals surface area contributed by atoms with Gasteiger partial charge in [0.2, 0.25) is 0 Å². The van der Waals surface area contributed by atoms with Crippen LogP contribution < -0.4 is 4.74 Å². The zero-order chi connectivity index (χ0) is 13.6. The number of halogens is 2. The number of carbonyl (C=O) groups excluding carboxylic acids is 1. The minimum absolute atomic E-state index is 0.0673. The maximum atomic E-state index is 13.3. The van der Waals surface area contributed by atoms with Crippen LogP contribution >= 0.6 is 21.6 Å². The third kappa shape index (κ3) is 4.38. The summed E-state index contributed by atoms with van der Waals surface area (Å²) in [5, 5.41) is -3.55. The van der Waals surface area contributed by atoms with Crippen LogP contribution in [-0.2, 0) is 9.53 Å². The van der Waals surface area contributed by atoms with Crippen LogP contribution in [0, 0.1) is 0 Å². The van der Waals surface area contributed by atoms with E-state index < -0.39 is 11.2 Å². The molecule has 0 radical (unpaired) electrons. The molecule has 18 heavy (non-hydrogen) atoms. The Hall–Kier alpha value is -0.950. The summed E-state index contributed by atoms with van der Waals surface area (Å²) in [5.41, 5.74) is 0. The molecule has 1 aromatic carbocycles. The Kier molecular flexibility index (Phi) is 5.74. The Bertz CT molecular complexity index is 396. The molecule has 0 saturated carbocycles. The Balaban J connectivity index is 2.55. The number of carbonyl (C=O) groups is 1. The van der Waals surface area contributed by atoms with Gasteiger partial charge in [-0.1, -0.05) is 10.8 Å². The van der Waals surface area contributed by atoms with Gasteiger partial charge in [-0.25, -0.2) is 4.79 Å². The third-order valence-corrected chi connectivity index (χ3v) is 4.19. The molecule has 0 spiro atoms. The molecule has 3 nitrogen and oxygen atoms in total. The summed E-state index contributed by atoms with van der Waals surface area (Å²) in [6, 6.07) is 6.59. The van der Waals surface area contributed by atoms with Crippen molar-refractivity contribution in [1.82, 2.24) is 0 Å². The normalized spacial score (nSPS) is 11.1. The first-order valence-corrected chi connectivity index (χ1v) is 7.19. The van der Waals surface area contributed by atoms with Gasteiger partial charge in [0.25, 0.3) is 0 Å². The summed E-state index contributed by atoms with van der Waals surface area (Å²) < 4.78 is 35.8. The van der Waals surface area contributed by atoms with Crippen LogP contribution in [0.1, 0.15) is 6.92 Å². The molecule has 0 fully saturated rings. The predicted molar refractivity (Wildman–Crippen MR) is 68.0 cm³/mol. The number of ether oxygens (including phenoxy) is 2. The molecule has 1 aromatic rings. The fraction of sp³-hybridized carbons (Fsp3) is 0.364. The summed E-state index contributed by atoms with van der Waals surface area (Å²) >= 11 is 0. The van der Waals surface area contributed by atoms with Crippen LogP contribution in [0.3, 0.4) is 0 Å². The number of hydrogen-bond donors (Lipinski definition) is 0. The van der Waals surface area contributed by atoms with E-state index in [4.69, 9.17) is 4.74 Å². The van der Waals surface area contributed by atoms with Crippen molar-refractivity contribution in [2.24, 2.45) is 0 Å². The van der Waals surface area contributed by atoms with Crippen LogP contribution in [0.4, 0.5) is 8.78 Å². The van der Waals surface area contributed by atoms with Crippen molar-refractivity contribution < 1.29 is 23.0 Å². The Morgan fingerprint density at radius 2 is 1.94 bits per heavy atom. The first kappa shape index (κ1) is 15.1. The van der Waals surface area contributed by atoms with Crippen molar-refractivity contribution in [2.45, 2.75) is 17.1 Å². The van der Waals surface area contributed by atoms with Gasteiger partial charge >= 0.3 is 11.2 Å². The highest BCUT2D eigenvalue weighted by Gasteiger charge is 2.42. The molecule has 0 unspecified atom stereocenters. The Morgan fingerprint density at radius 3 is 2.44 bits per heavy atom. The van der Waals surface area contributed by atoms with E-state index in [-0.39, 0.29) is 17.4 Å². The molecule has 0 aliphatic heterocycles. The first-order valence-electron chi connectivity index (χ1n) is 5.04. The fourth-order valence-electron chi connectivity index (χ4n) is 0.981. The number of esters is 1. The zero-order valence-electron chi connectivity index (χ0n) is 9.81. The van der Waals surface area contributed by atoms with Crippen LogP contribution in [0.5, 0.6) is 5.75 Å². The largest absolute Gasteiger partial charge is 0.497 e. The van der Waals surface area contributed by atoms with Crippen molar-refractivity contribution in [3.05, 3.63) is 24.3 Å². The first-order chi connectivity index (χ1) is 8.49. The topological polar surface area (TPSA) is 35.5 Å². The molecular weight excluding hydrogens is 282 g/mol. The zero-order valence-corrected chi connectivity index (χ0v) is 11.4. The van der Waals surface area contributed by atoms with Crippen molar-refractivity contribution in [3.8, 4) is 5.75 Å². The lowest BCUT2D eigenvalue weighted by Crippen LogP contribution is -2.26. The molecule has 0 aliphatic carbocycles. The highest BCUT2D eigenvalue weighted by Crippen LogP contribution is 2.43. The summed E-state index contributed by atoms with van der Waals surface area (Å²) in [4.78, 5) is 11.6. The molecule has 0 N–H and O–H groups in total. The lowest BCUT2D eigenvalue weighted by Gasteiger charge is -2.12. The van der Waals surface area contributed by atoms with Gasteiger partial charge in [-0.3, -0.25) is 0 Å². The average Bonchev–Trinajstić information content (AvgIpc) is 2.37. The summed E-state index contributed by atoms with van der Waals surface area (Å²) in [5.74, 6) is -0.877. The predicted octanol–water partition coefficient (Wildman–Crippen LogP) is 3.59. The van der Waals surface area contributed by atoms with Crippen LogP contribution in [0.25, 0.3) is 0 Å². The number of methoxy groups -OCH3 is 1. The maximum absolute atomic E-state index is 13.3. The molecule has 0 aliphatic rings. The van der Waals surface area contributed by atoms with Gasteiger partial charge in [0, 0.05) is 4.90 Å². The Labute approximate surface area is 112 Å². The molecule has 0 heterocycles. The number of rotatable bonds is 6. The van der Waals surface area contributed by atoms with Gasteiger partial charge in [-0.2, -0.15) is 8.78 Å². The lowest BCUT2D eigenvalue weighted by molar-refractivity contribution is -0.159. The van der Waals surface area contributed by atoms with E-state index in [1.54, 1.807) is 24.3 Å². The summed E-state index contributed by atoms with van der Waals surface area (Å²) in [6.07, 6.45) is 0. The second-order valence-electron chi connectivity index (χ2n) is 3.08. The van der Waals surface area contributed by atoms with Gasteiger partial charge in [-0.05, 0) is 42.0 Å². The van der Waals surface area contributed by atoms with E-state index in [1.165, 1.54) is 14.0 Å². The molecule has 0 aromatic heterocycles. The van der Waals surface area contributed by atoms with Crippen LogP contribution in [-0.4, -0.2) is 24.9 Å². The molecular formula is C11H12F2O3S2. The van der Waals surface area contributed by atoms with E-state index in [0.29, 0.717) is 10.6 Å². The summed E-state index contributed by atoms with van der Waals surface area (Å²) in [7, 11) is 2.49. The fourth-order valence-corrected chi connectivity index (χ4v) is 2.70. The van der Waals surface area contributed by atoms with Crippen molar-refractivity contribution >= 4 is 27.6 Å². The monoisotopic (exact) mass is 294 g/mol. The minimum atomic E-state index is -3.55. The molecule has 0 saturated heterocycles. The van der Waals surface area contributed by atoms with E-state index >= 15 is 0 Å². The minimum Gasteiger partial charge on any atom is -0.497 e. The molecule has 0 atom stereocenters. The maximum Gasteiger partial charge on any atom is 0.398 e. The number of alkyl halides is 2. The van der Waals surface area contributed by atoms with Crippen molar-refractivity contribution in [3.63, 3.8) is 0 Å². The van der Waals surface area contributed by atoms with E-state index in [9.17, 15) is 13.6 Å². The third-order valence-electron chi connectivity index (χ3n) is 1.82. The molecule has 100 valence electrons. The van der Waals surface area contributed by atoms with Gasteiger partial charge in [0.1, 0.15) is 5.75 Å². The SMILES string of the molecule is CCOC(=O)C(F)(F)SSc1ccc(OC)cc1. The molecule has 0 amide bonds. The smallest absolute Gasteiger partial charge is 0.398 e. The summed E-state index contributed by atoms with van der Waals surface area (Å²) in [6.45, 7) is 1.41. The standard InChI is InChI=1S/C11H12F2O3S2/c1-3-16-10(14)11(12,13)18-17-9-6-4-8(15-2)5-7-9/h4-7H,3H2,1-2H3. The Morgan fingerprint density at radius 1 is 1.33 bits per heavy atom. The van der Waals surface area contributed by atoms with Gasteiger partial charge in [-0.15, -0.1) is 0 Å². The van der Waals surface area contributed by atoms with Crippen LogP contribution in [0.15, 0.2) is 29.2 Å². The second-order valence-corrected chi connectivity index (χ2v) is 5.40. The highest BCUT2D eigenvalue weighted by atomic mass is 33.1. The quantitative estimate of drug-likeness (QED) is 0.592. The lowest BCUT2D eigenvalue weighted by atomic mass is 10.3. The molecule has 1 rings (SSSR count). The molecule has 7 heteroatoms. The number of hydrogen-bond acceptors (Lipinski definition) is 5. The van der Waals surface area contributed by atoms with Crippen molar-refractivity contribution in [1.29, 1.82) is 0 Å². The van der Waals surface area contributed by atoms with Gasteiger partial charge < -0.3 is 9.47 Å². The van der Waals surface area contributed by atoms with E-state index in [0.717, 1.165) is 10.8 Å². The second kappa shape index (κ2) is 6.84. The highest BCUT2D eigenvalue weighted by molar-refractivity contribution is 8.77. The molecule has 0 bridgehead atoms. The van der Waals surface area contributed by atoms with Gasteiger partial charge in [0.15, 0.2) is 0 Å². The van der Waals surface area contributed by atoms with Crippen molar-refractivity contribution in [2.75, 3.05) is 13.7 Å². The van der Waals surface area contributed by atoms with Crippen LogP contribution in [0.2, 0.25) is 0 Å². The number of benzene rings is 1. The van der Waals surface area contributed by atoms with E-state index in [1.807, 2.05) is 0 Å².